The second kappa shape index (κ2) is 7.69. The van der Waals surface area contributed by atoms with Crippen LogP contribution in [0.4, 0.5) is 5.69 Å². The summed E-state index contributed by atoms with van der Waals surface area (Å²) in [6.07, 6.45) is 3.01. The molecule has 1 aromatic carbocycles. The van der Waals surface area contributed by atoms with Crippen LogP contribution in [-0.2, 0) is 22.4 Å². The molecule has 0 spiro atoms. The fourth-order valence-corrected chi connectivity index (χ4v) is 5.05. The molecule has 142 valence electrons. The zero-order valence-electron chi connectivity index (χ0n) is 15.3. The van der Waals surface area contributed by atoms with Crippen molar-refractivity contribution < 1.29 is 9.59 Å². The van der Waals surface area contributed by atoms with E-state index in [1.54, 1.807) is 24.3 Å². The normalized spacial score (nSPS) is 21.5. The number of hydrogen-bond acceptors (Lipinski definition) is 5. The lowest BCUT2D eigenvalue weighted by molar-refractivity contribution is -0.121. The minimum atomic E-state index is -0.559. The molecule has 4 rings (SSSR count). The number of anilines is 1. The Kier molecular flexibility index (Phi) is 5.26. The van der Waals surface area contributed by atoms with Gasteiger partial charge in [-0.25, -0.2) is 9.88 Å². The summed E-state index contributed by atoms with van der Waals surface area (Å²) in [6, 6.07) is 11.2. The molecule has 1 aliphatic carbocycles. The van der Waals surface area contributed by atoms with Crippen molar-refractivity contribution in [2.75, 3.05) is 4.90 Å². The molecule has 5 nitrogen and oxygen atoms in total. The monoisotopic (exact) mass is 455 g/mol. The molecule has 1 fully saturated rings. The van der Waals surface area contributed by atoms with Gasteiger partial charge in [-0.05, 0) is 61.1 Å². The summed E-state index contributed by atoms with van der Waals surface area (Å²) in [5.41, 5.74) is 3.19. The molecular weight excluding hydrogens is 438 g/mol. The first-order valence-electron chi connectivity index (χ1n) is 9.18. The molecule has 7 heteroatoms. The standard InChI is InChI=1S/C21H18BrN3O2S/c1-12-2-7-17-13(8-12)9-14(11-23)20(24-17)28-18-10-19(26)25(21(18)27)16-5-3-15(22)4-6-16/h3-6,9,12,18H,2,7-8,10H2,1H3. The van der Waals surface area contributed by atoms with Crippen molar-refractivity contribution in [3.05, 3.63) is 51.6 Å². The van der Waals surface area contributed by atoms with E-state index < -0.39 is 5.25 Å². The van der Waals surface area contributed by atoms with Gasteiger partial charge in [0.15, 0.2) is 0 Å². The smallest absolute Gasteiger partial charge is 0.247 e. The fraction of sp³-hybridized carbons (Fsp3) is 0.333. The van der Waals surface area contributed by atoms with Gasteiger partial charge in [-0.3, -0.25) is 9.59 Å². The summed E-state index contributed by atoms with van der Waals surface area (Å²) in [5.74, 6) is 0.109. The Morgan fingerprint density at radius 2 is 2.00 bits per heavy atom. The van der Waals surface area contributed by atoms with Crippen LogP contribution < -0.4 is 4.90 Å². The predicted octanol–water partition coefficient (Wildman–Crippen LogP) is 4.26. The van der Waals surface area contributed by atoms with E-state index in [-0.39, 0.29) is 18.2 Å². The van der Waals surface area contributed by atoms with Crippen LogP contribution in [0.5, 0.6) is 0 Å². The van der Waals surface area contributed by atoms with E-state index in [0.29, 0.717) is 22.2 Å². The zero-order chi connectivity index (χ0) is 19.8. The van der Waals surface area contributed by atoms with E-state index in [9.17, 15) is 14.9 Å². The number of aromatic nitrogens is 1. The Labute approximate surface area is 176 Å². The average molecular weight is 456 g/mol. The number of rotatable bonds is 3. The molecule has 1 aromatic heterocycles. The number of carbonyl (C=O) groups is 2. The predicted molar refractivity (Wildman–Crippen MR) is 111 cm³/mol. The van der Waals surface area contributed by atoms with Crippen LogP contribution in [0.1, 0.15) is 36.6 Å². The van der Waals surface area contributed by atoms with E-state index in [1.807, 2.05) is 6.07 Å². The Balaban J connectivity index is 1.60. The van der Waals surface area contributed by atoms with Crippen molar-refractivity contribution in [3.63, 3.8) is 0 Å². The van der Waals surface area contributed by atoms with Crippen molar-refractivity contribution in [3.8, 4) is 6.07 Å². The first-order chi connectivity index (χ1) is 13.5. The van der Waals surface area contributed by atoms with Crippen molar-refractivity contribution in [2.24, 2.45) is 5.92 Å². The molecular formula is C21H18BrN3O2S. The van der Waals surface area contributed by atoms with Gasteiger partial charge in [0, 0.05) is 16.6 Å². The quantitative estimate of drug-likeness (QED) is 0.646. The third kappa shape index (κ3) is 3.59. The highest BCUT2D eigenvalue weighted by Crippen LogP contribution is 2.36. The van der Waals surface area contributed by atoms with Gasteiger partial charge in [0.25, 0.3) is 0 Å². The summed E-state index contributed by atoms with van der Waals surface area (Å²) in [4.78, 5) is 31.3. The lowest BCUT2D eigenvalue weighted by atomic mass is 9.87. The molecule has 2 atom stereocenters. The summed E-state index contributed by atoms with van der Waals surface area (Å²) in [6.45, 7) is 2.21. The number of nitriles is 1. The number of fused-ring (bicyclic) bond motifs is 1. The largest absolute Gasteiger partial charge is 0.274 e. The first-order valence-corrected chi connectivity index (χ1v) is 10.9. The van der Waals surface area contributed by atoms with E-state index in [4.69, 9.17) is 4.98 Å². The fourth-order valence-electron chi connectivity index (χ4n) is 3.69. The van der Waals surface area contributed by atoms with Crippen LogP contribution in [0.3, 0.4) is 0 Å². The van der Waals surface area contributed by atoms with Gasteiger partial charge in [0.2, 0.25) is 11.8 Å². The lowest BCUT2D eigenvalue weighted by Crippen LogP contribution is -2.31. The number of imide groups is 1. The molecule has 28 heavy (non-hydrogen) atoms. The van der Waals surface area contributed by atoms with Gasteiger partial charge >= 0.3 is 0 Å². The number of pyridine rings is 1. The maximum atomic E-state index is 12.9. The highest BCUT2D eigenvalue weighted by Gasteiger charge is 2.40. The number of halogens is 1. The molecule has 2 amide bonds. The molecule has 0 N–H and O–H groups in total. The summed E-state index contributed by atoms with van der Waals surface area (Å²) < 4.78 is 0.882. The van der Waals surface area contributed by atoms with Crippen molar-refractivity contribution in [2.45, 2.75) is 42.9 Å². The van der Waals surface area contributed by atoms with Gasteiger partial charge in [-0.15, -0.1) is 0 Å². The lowest BCUT2D eigenvalue weighted by Gasteiger charge is -2.22. The molecule has 2 unspecified atom stereocenters. The SMILES string of the molecule is CC1CCc2nc(SC3CC(=O)N(c4ccc(Br)cc4)C3=O)c(C#N)cc2C1. The van der Waals surface area contributed by atoms with E-state index in [1.165, 1.54) is 16.7 Å². The first kappa shape index (κ1) is 19.2. The minimum absolute atomic E-state index is 0.111. The Morgan fingerprint density at radius 1 is 1.25 bits per heavy atom. The minimum Gasteiger partial charge on any atom is -0.274 e. The number of thioether (sulfide) groups is 1. The van der Waals surface area contributed by atoms with Crippen LogP contribution in [0.25, 0.3) is 0 Å². The van der Waals surface area contributed by atoms with Crippen LogP contribution >= 0.6 is 27.7 Å². The van der Waals surface area contributed by atoms with Gasteiger partial charge in [-0.1, -0.05) is 34.6 Å². The molecule has 2 heterocycles. The van der Waals surface area contributed by atoms with Crippen molar-refractivity contribution in [1.29, 1.82) is 5.26 Å². The maximum absolute atomic E-state index is 12.9. The molecule has 0 saturated carbocycles. The third-order valence-electron chi connectivity index (χ3n) is 5.16. The molecule has 0 radical (unpaired) electrons. The number of benzene rings is 1. The molecule has 2 aliphatic rings. The second-order valence-corrected chi connectivity index (χ2v) is 9.37. The van der Waals surface area contributed by atoms with E-state index in [2.05, 4.69) is 28.9 Å². The summed E-state index contributed by atoms with van der Waals surface area (Å²) >= 11 is 4.59. The Morgan fingerprint density at radius 3 is 2.71 bits per heavy atom. The Hall–Kier alpha value is -2.17. The second-order valence-electron chi connectivity index (χ2n) is 7.26. The van der Waals surface area contributed by atoms with Crippen LogP contribution in [-0.4, -0.2) is 22.0 Å². The van der Waals surface area contributed by atoms with Gasteiger partial charge in [0.05, 0.1) is 16.5 Å². The number of nitrogens with zero attached hydrogens (tertiary/aromatic N) is 3. The molecule has 0 bridgehead atoms. The Bertz CT molecular complexity index is 1000. The van der Waals surface area contributed by atoms with E-state index >= 15 is 0 Å². The number of aryl methyl sites for hydroxylation is 1. The number of carbonyl (C=O) groups excluding carboxylic acids is 2. The molecule has 2 aromatic rings. The van der Waals surface area contributed by atoms with Gasteiger partial charge in [0.1, 0.15) is 11.1 Å². The maximum Gasteiger partial charge on any atom is 0.247 e. The molecule has 1 aliphatic heterocycles. The van der Waals surface area contributed by atoms with E-state index in [0.717, 1.165) is 35.0 Å². The topological polar surface area (TPSA) is 74.1 Å². The van der Waals surface area contributed by atoms with Gasteiger partial charge < -0.3 is 0 Å². The number of hydrogen-bond donors (Lipinski definition) is 0. The summed E-state index contributed by atoms with van der Waals surface area (Å²) in [5, 5.41) is 9.56. The van der Waals surface area contributed by atoms with Crippen molar-refractivity contribution >= 4 is 45.2 Å². The molecule has 1 saturated heterocycles. The number of amides is 2. The average Bonchev–Trinajstić information content (AvgIpc) is 2.95. The van der Waals surface area contributed by atoms with Gasteiger partial charge in [-0.2, -0.15) is 5.26 Å². The van der Waals surface area contributed by atoms with Crippen LogP contribution in [0, 0.1) is 17.2 Å². The highest BCUT2D eigenvalue weighted by molar-refractivity contribution is 9.10. The summed E-state index contributed by atoms with van der Waals surface area (Å²) in [7, 11) is 0. The zero-order valence-corrected chi connectivity index (χ0v) is 17.7. The van der Waals surface area contributed by atoms with Crippen molar-refractivity contribution in [1.82, 2.24) is 4.98 Å². The highest BCUT2D eigenvalue weighted by atomic mass is 79.9. The van der Waals surface area contributed by atoms with Crippen LogP contribution in [0.2, 0.25) is 0 Å². The van der Waals surface area contributed by atoms with Crippen LogP contribution in [0.15, 0.2) is 39.8 Å². The third-order valence-corrected chi connectivity index (χ3v) is 6.88.